The molecule has 0 aliphatic carbocycles. The smallest absolute Gasteiger partial charge is 0.287 e. The summed E-state index contributed by atoms with van der Waals surface area (Å²) in [6, 6.07) is 7.34. The molecule has 1 aromatic carbocycles. The van der Waals surface area contributed by atoms with E-state index in [4.69, 9.17) is 32.7 Å². The average Bonchev–Trinajstić information content (AvgIpc) is 2.62. The molecule has 1 aliphatic rings. The predicted octanol–water partition coefficient (Wildman–Crippen LogP) is 1.85. The maximum atomic E-state index is 12.3. The Kier molecular flexibility index (Phi) is 5.15. The Bertz CT molecular complexity index is 856. The second kappa shape index (κ2) is 7.33. The molecule has 0 bridgehead atoms. The third-order valence-electron chi connectivity index (χ3n) is 3.70. The molecule has 1 amide bonds. The van der Waals surface area contributed by atoms with Gasteiger partial charge in [-0.05, 0) is 12.1 Å². The van der Waals surface area contributed by atoms with E-state index in [1.807, 2.05) is 24.3 Å². The number of carbonyl (C=O) groups excluding carboxylic acids is 1. The van der Waals surface area contributed by atoms with Crippen LogP contribution in [0, 0.1) is 0 Å². The fraction of sp³-hybridized carbons (Fsp3) is 0.312. The minimum atomic E-state index is -0.609. The first kappa shape index (κ1) is 17.6. The number of fused-ring (bicyclic) bond motifs is 1. The molecule has 7 nitrogen and oxygen atoms in total. The number of nitrogens with zero attached hydrogens (tertiary/aromatic N) is 3. The van der Waals surface area contributed by atoms with Gasteiger partial charge in [0.05, 0.1) is 17.8 Å². The van der Waals surface area contributed by atoms with Crippen LogP contribution in [0.3, 0.4) is 0 Å². The van der Waals surface area contributed by atoms with Gasteiger partial charge in [-0.3, -0.25) is 9.59 Å². The molecule has 3 rings (SSSR count). The maximum Gasteiger partial charge on any atom is 0.287 e. The van der Waals surface area contributed by atoms with Crippen molar-refractivity contribution in [1.82, 2.24) is 14.7 Å². The second-order valence-corrected chi connectivity index (χ2v) is 6.33. The van der Waals surface area contributed by atoms with Crippen LogP contribution < -0.4 is 15.0 Å². The number of aromatic nitrogens is 2. The molecular weight excluding hydrogens is 369 g/mol. The molecule has 25 heavy (non-hydrogen) atoms. The van der Waals surface area contributed by atoms with Crippen molar-refractivity contribution in [1.29, 1.82) is 0 Å². The van der Waals surface area contributed by atoms with Crippen LogP contribution in [-0.2, 0) is 11.3 Å². The van der Waals surface area contributed by atoms with Gasteiger partial charge in [0.15, 0.2) is 17.6 Å². The SMILES string of the molecule is CN(C[C@H]1COc2ccccc2O1)C(=O)Cn1ncc(Cl)c(Cl)c1=O. The van der Waals surface area contributed by atoms with Crippen molar-refractivity contribution in [3.63, 3.8) is 0 Å². The van der Waals surface area contributed by atoms with E-state index in [9.17, 15) is 9.59 Å². The summed E-state index contributed by atoms with van der Waals surface area (Å²) in [4.78, 5) is 25.7. The van der Waals surface area contributed by atoms with E-state index in [0.717, 1.165) is 4.68 Å². The lowest BCUT2D eigenvalue weighted by atomic mass is 10.2. The number of amides is 1. The summed E-state index contributed by atoms with van der Waals surface area (Å²) in [5.74, 6) is 1.01. The van der Waals surface area contributed by atoms with Gasteiger partial charge in [0, 0.05) is 7.05 Å². The molecular formula is C16H15Cl2N3O4. The molecule has 2 heterocycles. The number of carbonyl (C=O) groups is 1. The number of halogens is 2. The van der Waals surface area contributed by atoms with E-state index in [1.54, 1.807) is 7.05 Å². The number of ether oxygens (including phenoxy) is 2. The summed E-state index contributed by atoms with van der Waals surface area (Å²) in [6.07, 6.45) is 0.926. The van der Waals surface area contributed by atoms with Gasteiger partial charge in [-0.15, -0.1) is 0 Å². The molecule has 1 aliphatic heterocycles. The lowest BCUT2D eigenvalue weighted by Gasteiger charge is -2.29. The standard InChI is InChI=1S/C16H15Cl2N3O4/c1-20(7-10-9-24-12-4-2-3-5-13(12)25-10)14(22)8-21-16(23)15(18)11(17)6-19-21/h2-6,10H,7-9H2,1H3/t10-/m0/s1. The maximum absolute atomic E-state index is 12.3. The third kappa shape index (κ3) is 3.88. The normalized spacial score (nSPS) is 15.7. The summed E-state index contributed by atoms with van der Waals surface area (Å²) in [7, 11) is 1.62. The first-order chi connectivity index (χ1) is 12.0. The minimum Gasteiger partial charge on any atom is -0.486 e. The summed E-state index contributed by atoms with van der Waals surface area (Å²) >= 11 is 11.5. The fourth-order valence-electron chi connectivity index (χ4n) is 2.37. The summed E-state index contributed by atoms with van der Waals surface area (Å²) in [5, 5.41) is 3.71. The number of likely N-dealkylation sites (N-methyl/N-ethyl adjacent to an activating group) is 1. The highest BCUT2D eigenvalue weighted by atomic mass is 35.5. The summed E-state index contributed by atoms with van der Waals surface area (Å²) in [6.45, 7) is 0.402. The zero-order valence-corrected chi connectivity index (χ0v) is 14.8. The predicted molar refractivity (Wildman–Crippen MR) is 92.5 cm³/mol. The van der Waals surface area contributed by atoms with Crippen LogP contribution >= 0.6 is 23.2 Å². The molecule has 0 N–H and O–H groups in total. The quantitative estimate of drug-likeness (QED) is 0.805. The van der Waals surface area contributed by atoms with Gasteiger partial charge in [0.1, 0.15) is 18.2 Å². The van der Waals surface area contributed by atoms with Crippen molar-refractivity contribution < 1.29 is 14.3 Å². The van der Waals surface area contributed by atoms with E-state index in [1.165, 1.54) is 11.1 Å². The van der Waals surface area contributed by atoms with Crippen molar-refractivity contribution in [2.24, 2.45) is 0 Å². The molecule has 9 heteroatoms. The molecule has 132 valence electrons. The van der Waals surface area contributed by atoms with Crippen LogP contribution in [0.1, 0.15) is 0 Å². The summed E-state index contributed by atoms with van der Waals surface area (Å²) < 4.78 is 12.4. The molecule has 0 radical (unpaired) electrons. The van der Waals surface area contributed by atoms with Crippen molar-refractivity contribution in [2.75, 3.05) is 20.2 Å². The van der Waals surface area contributed by atoms with E-state index >= 15 is 0 Å². The number of hydrogen-bond acceptors (Lipinski definition) is 5. The highest BCUT2D eigenvalue weighted by Gasteiger charge is 2.24. The Morgan fingerprint density at radius 2 is 2.08 bits per heavy atom. The third-order valence-corrected chi connectivity index (χ3v) is 4.45. The average molecular weight is 384 g/mol. The number of hydrogen-bond donors (Lipinski definition) is 0. The molecule has 2 aromatic rings. The van der Waals surface area contributed by atoms with Crippen LogP contribution in [0.15, 0.2) is 35.3 Å². The van der Waals surface area contributed by atoms with E-state index < -0.39 is 5.56 Å². The van der Waals surface area contributed by atoms with Gasteiger partial charge >= 0.3 is 0 Å². The molecule has 0 saturated heterocycles. The number of rotatable bonds is 4. The lowest BCUT2D eigenvalue weighted by Crippen LogP contribution is -2.43. The minimum absolute atomic E-state index is 0.0511. The largest absolute Gasteiger partial charge is 0.486 e. The van der Waals surface area contributed by atoms with Crippen molar-refractivity contribution in [3.05, 3.63) is 50.9 Å². The van der Waals surface area contributed by atoms with Gasteiger partial charge in [0.25, 0.3) is 5.56 Å². The second-order valence-electron chi connectivity index (χ2n) is 5.54. The molecule has 0 unspecified atom stereocenters. The molecule has 1 atom stereocenters. The molecule has 1 aromatic heterocycles. The Hall–Kier alpha value is -2.25. The highest BCUT2D eigenvalue weighted by molar-refractivity contribution is 6.41. The van der Waals surface area contributed by atoms with Gasteiger partial charge in [0.2, 0.25) is 5.91 Å². The van der Waals surface area contributed by atoms with Crippen LogP contribution in [0.25, 0.3) is 0 Å². The Labute approximate surface area is 153 Å². The topological polar surface area (TPSA) is 73.7 Å². The van der Waals surface area contributed by atoms with Gasteiger partial charge in [-0.25, -0.2) is 4.68 Å². The van der Waals surface area contributed by atoms with Crippen LogP contribution in [0.5, 0.6) is 11.5 Å². The van der Waals surface area contributed by atoms with Crippen molar-refractivity contribution >= 4 is 29.1 Å². The monoisotopic (exact) mass is 383 g/mol. The first-order valence-corrected chi connectivity index (χ1v) is 8.25. The molecule has 0 saturated carbocycles. The van der Waals surface area contributed by atoms with E-state index in [-0.39, 0.29) is 28.6 Å². The van der Waals surface area contributed by atoms with Crippen LogP contribution in [0.2, 0.25) is 10.0 Å². The van der Waals surface area contributed by atoms with Crippen LogP contribution in [-0.4, -0.2) is 46.9 Å². The highest BCUT2D eigenvalue weighted by Crippen LogP contribution is 2.30. The molecule has 0 fully saturated rings. The van der Waals surface area contributed by atoms with Gasteiger partial charge in [-0.2, -0.15) is 5.10 Å². The number of benzene rings is 1. The Balaban J connectivity index is 1.62. The Morgan fingerprint density at radius 1 is 1.36 bits per heavy atom. The van der Waals surface area contributed by atoms with E-state index in [0.29, 0.717) is 24.7 Å². The van der Waals surface area contributed by atoms with Crippen molar-refractivity contribution in [3.8, 4) is 11.5 Å². The Morgan fingerprint density at radius 3 is 2.84 bits per heavy atom. The van der Waals surface area contributed by atoms with Gasteiger partial charge < -0.3 is 14.4 Å². The fourth-order valence-corrected chi connectivity index (χ4v) is 2.64. The van der Waals surface area contributed by atoms with Crippen LogP contribution in [0.4, 0.5) is 0 Å². The molecule has 0 spiro atoms. The lowest BCUT2D eigenvalue weighted by molar-refractivity contribution is -0.132. The van der Waals surface area contributed by atoms with Gasteiger partial charge in [-0.1, -0.05) is 35.3 Å². The first-order valence-electron chi connectivity index (χ1n) is 7.49. The number of para-hydroxylation sites is 2. The van der Waals surface area contributed by atoms with E-state index in [2.05, 4.69) is 5.10 Å². The van der Waals surface area contributed by atoms with Crippen molar-refractivity contribution in [2.45, 2.75) is 12.6 Å². The zero-order valence-electron chi connectivity index (χ0n) is 13.3. The zero-order chi connectivity index (χ0) is 18.0. The summed E-state index contributed by atoms with van der Waals surface area (Å²) in [5.41, 5.74) is -0.609.